The molecule has 7 heteroatoms. The molecule has 0 fully saturated rings. The number of hydrogen-bond donors (Lipinski definition) is 4. The van der Waals surface area contributed by atoms with Gasteiger partial charge in [0.2, 0.25) is 5.91 Å². The molecular formula is C14H16N4O2S. The fourth-order valence-electron chi connectivity index (χ4n) is 1.55. The Morgan fingerprint density at radius 1 is 1.43 bits per heavy atom. The molecule has 0 aliphatic carbocycles. The number of carbonyl (C=O) groups is 2. The van der Waals surface area contributed by atoms with Gasteiger partial charge in [-0.3, -0.25) is 15.0 Å². The van der Waals surface area contributed by atoms with Gasteiger partial charge in [0.25, 0.3) is 5.91 Å². The van der Waals surface area contributed by atoms with Crippen LogP contribution >= 0.6 is 12.6 Å². The Kier molecular flexibility index (Phi) is 5.50. The monoisotopic (exact) mass is 304 g/mol. The molecule has 0 aliphatic heterocycles. The molecule has 0 saturated heterocycles. The van der Waals surface area contributed by atoms with Gasteiger partial charge in [-0.15, -0.1) is 12.6 Å². The maximum absolute atomic E-state index is 12.0. The third-order valence-corrected chi connectivity index (χ3v) is 2.91. The molecule has 0 saturated carbocycles. The molecule has 6 nitrogen and oxygen atoms in total. The van der Waals surface area contributed by atoms with E-state index in [4.69, 9.17) is 10.7 Å². The van der Waals surface area contributed by atoms with Gasteiger partial charge in [0, 0.05) is 5.56 Å². The molecular weight excluding hydrogens is 288 g/mol. The third-order valence-electron chi connectivity index (χ3n) is 2.79. The molecule has 1 aromatic rings. The van der Waals surface area contributed by atoms with Crippen LogP contribution in [0.2, 0.25) is 0 Å². The molecule has 0 spiro atoms. The summed E-state index contributed by atoms with van der Waals surface area (Å²) < 4.78 is 0. The van der Waals surface area contributed by atoms with Crippen LogP contribution in [0.25, 0.3) is 0 Å². The number of nitriles is 1. The van der Waals surface area contributed by atoms with Crippen molar-refractivity contribution in [3.63, 3.8) is 0 Å². The smallest absolute Gasteiger partial charge is 0.251 e. The van der Waals surface area contributed by atoms with Crippen molar-refractivity contribution in [1.29, 1.82) is 10.7 Å². The van der Waals surface area contributed by atoms with E-state index in [2.05, 4.69) is 29.3 Å². The van der Waals surface area contributed by atoms with Crippen molar-refractivity contribution >= 4 is 29.6 Å². The molecule has 21 heavy (non-hydrogen) atoms. The van der Waals surface area contributed by atoms with Crippen LogP contribution in [0.1, 0.15) is 29.8 Å². The van der Waals surface area contributed by atoms with Crippen LogP contribution in [0.5, 0.6) is 0 Å². The van der Waals surface area contributed by atoms with Crippen LogP contribution in [0, 0.1) is 16.7 Å². The second-order valence-corrected chi connectivity index (χ2v) is 5.34. The van der Waals surface area contributed by atoms with E-state index in [0.717, 1.165) is 5.56 Å². The first-order valence-electron chi connectivity index (χ1n) is 6.13. The first-order valence-corrected chi connectivity index (χ1v) is 6.58. The van der Waals surface area contributed by atoms with Crippen LogP contribution in [0.3, 0.4) is 0 Å². The van der Waals surface area contributed by atoms with Gasteiger partial charge in [-0.05, 0) is 31.5 Å². The Labute approximate surface area is 128 Å². The average Bonchev–Trinajstić information content (AvgIpc) is 2.44. The summed E-state index contributed by atoms with van der Waals surface area (Å²) in [5.74, 6) is -0.955. The first kappa shape index (κ1) is 16.7. The maximum atomic E-state index is 12.0. The lowest BCUT2D eigenvalue weighted by Gasteiger charge is -2.16. The van der Waals surface area contributed by atoms with Crippen molar-refractivity contribution in [1.82, 2.24) is 10.6 Å². The van der Waals surface area contributed by atoms with Crippen molar-refractivity contribution < 1.29 is 9.59 Å². The summed E-state index contributed by atoms with van der Waals surface area (Å²) in [6.45, 7) is 3.26. The van der Waals surface area contributed by atoms with Crippen molar-refractivity contribution in [2.75, 3.05) is 6.54 Å². The second kappa shape index (κ2) is 6.90. The first-order chi connectivity index (χ1) is 9.76. The summed E-state index contributed by atoms with van der Waals surface area (Å²) in [7, 11) is 0. The van der Waals surface area contributed by atoms with E-state index in [9.17, 15) is 9.59 Å². The number of rotatable bonds is 4. The van der Waals surface area contributed by atoms with Crippen molar-refractivity contribution in [2.24, 2.45) is 0 Å². The third kappa shape index (κ3) is 4.93. The molecule has 1 rings (SSSR count). The summed E-state index contributed by atoms with van der Waals surface area (Å²) >= 11 is 3.62. The average molecular weight is 304 g/mol. The molecule has 0 atom stereocenters. The summed E-state index contributed by atoms with van der Waals surface area (Å²) in [5.41, 5.74) is 0.387. The highest BCUT2D eigenvalue weighted by molar-refractivity contribution is 7.96. The molecule has 1 aromatic carbocycles. The standard InChI is InChI=1S/C14H16N4O2S/c1-14(2,8-15)10-5-3-4-9(6-10)12(20)17-7-11(19)18-13(16)21/h3-6H,7H2,1-2H3,(H,17,20)(H3,16,18,19,21). The van der Waals surface area contributed by atoms with Crippen molar-refractivity contribution in [3.05, 3.63) is 35.4 Å². The summed E-state index contributed by atoms with van der Waals surface area (Å²) in [6, 6.07) is 8.85. The topological polar surface area (TPSA) is 106 Å². The molecule has 110 valence electrons. The molecule has 3 N–H and O–H groups in total. The predicted octanol–water partition coefficient (Wildman–Crippen LogP) is 1.20. The fourth-order valence-corrected chi connectivity index (χ4v) is 1.68. The molecule has 0 unspecified atom stereocenters. The zero-order valence-corrected chi connectivity index (χ0v) is 12.6. The number of thiol groups is 1. The molecule has 0 aromatic heterocycles. The highest BCUT2D eigenvalue weighted by atomic mass is 32.1. The Hall–Kier alpha value is -2.33. The minimum atomic E-state index is -0.700. The van der Waals surface area contributed by atoms with Crippen LogP contribution in [-0.2, 0) is 10.2 Å². The number of hydrogen-bond acceptors (Lipinski definition) is 4. The fraction of sp³-hybridized carbons (Fsp3) is 0.286. The number of nitrogens with one attached hydrogen (secondary N) is 3. The van der Waals surface area contributed by atoms with Crippen molar-refractivity contribution in [2.45, 2.75) is 19.3 Å². The Bertz CT molecular complexity index is 620. The lowest BCUT2D eigenvalue weighted by molar-refractivity contribution is -0.118. The zero-order chi connectivity index (χ0) is 16.0. The molecule has 0 radical (unpaired) electrons. The second-order valence-electron chi connectivity index (χ2n) is 4.90. The van der Waals surface area contributed by atoms with Gasteiger partial charge < -0.3 is 10.6 Å². The van der Waals surface area contributed by atoms with Crippen LogP contribution in [-0.4, -0.2) is 23.5 Å². The van der Waals surface area contributed by atoms with E-state index in [1.807, 2.05) is 0 Å². The van der Waals surface area contributed by atoms with Gasteiger partial charge in [0.15, 0.2) is 5.17 Å². The van der Waals surface area contributed by atoms with E-state index < -0.39 is 17.2 Å². The van der Waals surface area contributed by atoms with E-state index in [1.54, 1.807) is 38.1 Å². The van der Waals surface area contributed by atoms with Gasteiger partial charge in [0.1, 0.15) is 0 Å². The van der Waals surface area contributed by atoms with Gasteiger partial charge in [-0.1, -0.05) is 12.1 Å². The Morgan fingerprint density at radius 2 is 2.10 bits per heavy atom. The van der Waals surface area contributed by atoms with Gasteiger partial charge in [-0.25, -0.2) is 0 Å². The van der Waals surface area contributed by atoms with Gasteiger partial charge in [0.05, 0.1) is 18.0 Å². The quantitative estimate of drug-likeness (QED) is 0.381. The highest BCUT2D eigenvalue weighted by Crippen LogP contribution is 2.22. The molecule has 2 amide bonds. The van der Waals surface area contributed by atoms with E-state index >= 15 is 0 Å². The highest BCUT2D eigenvalue weighted by Gasteiger charge is 2.20. The summed E-state index contributed by atoms with van der Waals surface area (Å²) in [6.07, 6.45) is 0. The molecule has 0 heterocycles. The van der Waals surface area contributed by atoms with Crippen molar-refractivity contribution in [3.8, 4) is 6.07 Å². The molecule has 0 aliphatic rings. The zero-order valence-electron chi connectivity index (χ0n) is 11.7. The van der Waals surface area contributed by atoms with E-state index in [-0.39, 0.29) is 11.7 Å². The lowest BCUT2D eigenvalue weighted by Crippen LogP contribution is -2.38. The van der Waals surface area contributed by atoms with Gasteiger partial charge in [-0.2, -0.15) is 5.26 Å². The largest absolute Gasteiger partial charge is 0.343 e. The van der Waals surface area contributed by atoms with Gasteiger partial charge >= 0.3 is 0 Å². The van der Waals surface area contributed by atoms with E-state index in [0.29, 0.717) is 5.56 Å². The molecule has 0 bridgehead atoms. The summed E-state index contributed by atoms with van der Waals surface area (Å²) in [4.78, 5) is 23.3. The minimum Gasteiger partial charge on any atom is -0.343 e. The van der Waals surface area contributed by atoms with E-state index in [1.165, 1.54) is 0 Å². The number of amidine groups is 1. The lowest BCUT2D eigenvalue weighted by atomic mass is 9.85. The summed E-state index contributed by atoms with van der Waals surface area (Å²) in [5, 5.41) is 20.4. The SMILES string of the molecule is CC(C)(C#N)c1cccc(C(=O)NCC(=O)NC(=N)S)c1. The maximum Gasteiger partial charge on any atom is 0.251 e. The predicted molar refractivity (Wildman–Crippen MR) is 82.3 cm³/mol. The van der Waals surface area contributed by atoms with Crippen LogP contribution in [0.15, 0.2) is 24.3 Å². The van der Waals surface area contributed by atoms with Crippen LogP contribution in [0.4, 0.5) is 0 Å². The van der Waals surface area contributed by atoms with Crippen LogP contribution < -0.4 is 10.6 Å². The normalized spacial score (nSPS) is 10.4. The Balaban J connectivity index is 2.76. The number of nitrogens with zero attached hydrogens (tertiary/aromatic N) is 1. The minimum absolute atomic E-state index is 0.256. The number of benzene rings is 1. The number of carbonyl (C=O) groups excluding carboxylic acids is 2. The Morgan fingerprint density at radius 3 is 2.67 bits per heavy atom. The number of amides is 2.